The van der Waals surface area contributed by atoms with Gasteiger partial charge in [0.05, 0.1) is 0 Å². The summed E-state index contributed by atoms with van der Waals surface area (Å²) in [6.07, 6.45) is 0. The first kappa shape index (κ1) is 9.28. The van der Waals surface area contributed by atoms with Crippen LogP contribution >= 0.6 is 0 Å². The molecule has 1 heterocycles. The van der Waals surface area contributed by atoms with E-state index in [4.69, 9.17) is 0 Å². The molecule has 2 rings (SSSR count). The molecule has 2 heteroatoms. The van der Waals surface area contributed by atoms with Crippen molar-refractivity contribution in [2.24, 2.45) is 7.05 Å². The Kier molecular flexibility index (Phi) is 2.30. The maximum atomic E-state index is 3.18. The fourth-order valence-corrected chi connectivity index (χ4v) is 1.85. The predicted molar refractivity (Wildman–Crippen MR) is 60.4 cm³/mol. The number of rotatable bonds is 2. The minimum atomic E-state index is 0.921. The molecular weight excluding hydrogens is 172 g/mol. The van der Waals surface area contributed by atoms with Crippen molar-refractivity contribution < 1.29 is 0 Å². The van der Waals surface area contributed by atoms with Gasteiger partial charge in [0.2, 0.25) is 0 Å². The molecule has 2 aromatic rings. The number of aromatic nitrogens is 1. The number of fused-ring (bicyclic) bond motifs is 1. The summed E-state index contributed by atoms with van der Waals surface area (Å²) in [5.41, 5.74) is 3.96. The number of aryl methyl sites for hydroxylation is 2. The van der Waals surface area contributed by atoms with Crippen LogP contribution in [0.15, 0.2) is 24.3 Å². The fourth-order valence-electron chi connectivity index (χ4n) is 1.85. The van der Waals surface area contributed by atoms with Crippen molar-refractivity contribution in [2.75, 3.05) is 7.05 Å². The Morgan fingerprint density at radius 1 is 1.29 bits per heavy atom. The lowest BCUT2D eigenvalue weighted by molar-refractivity contribution is 0.745. The van der Waals surface area contributed by atoms with Gasteiger partial charge >= 0.3 is 0 Å². The van der Waals surface area contributed by atoms with Gasteiger partial charge in [-0.3, -0.25) is 0 Å². The topological polar surface area (TPSA) is 17.0 Å². The number of hydrogen-bond donors (Lipinski definition) is 1. The summed E-state index contributed by atoms with van der Waals surface area (Å²) in [7, 11) is 4.09. The average molecular weight is 188 g/mol. The van der Waals surface area contributed by atoms with Crippen LogP contribution in [0.5, 0.6) is 0 Å². The van der Waals surface area contributed by atoms with Gasteiger partial charge in [-0.1, -0.05) is 12.1 Å². The normalized spacial score (nSPS) is 11.1. The lowest BCUT2D eigenvalue weighted by atomic mass is 10.2. The number of nitrogens with one attached hydrogen (secondary N) is 1. The highest BCUT2D eigenvalue weighted by atomic mass is 15.0. The molecule has 0 unspecified atom stereocenters. The molecule has 0 amide bonds. The minimum Gasteiger partial charge on any atom is -0.346 e. The molecule has 74 valence electrons. The second-order valence-electron chi connectivity index (χ2n) is 3.79. The summed E-state index contributed by atoms with van der Waals surface area (Å²) < 4.78 is 2.25. The third kappa shape index (κ3) is 1.42. The van der Waals surface area contributed by atoms with E-state index in [1.165, 1.54) is 22.2 Å². The first-order chi connectivity index (χ1) is 6.72. The molecule has 0 aliphatic heterocycles. The van der Waals surface area contributed by atoms with Crippen molar-refractivity contribution in [3.63, 3.8) is 0 Å². The van der Waals surface area contributed by atoms with Crippen LogP contribution in [-0.2, 0) is 13.6 Å². The number of benzene rings is 1. The molecule has 0 aliphatic rings. The van der Waals surface area contributed by atoms with Gasteiger partial charge in [0, 0.05) is 24.8 Å². The van der Waals surface area contributed by atoms with Crippen LogP contribution in [0.3, 0.4) is 0 Å². The van der Waals surface area contributed by atoms with E-state index in [-0.39, 0.29) is 0 Å². The minimum absolute atomic E-state index is 0.921. The zero-order valence-electron chi connectivity index (χ0n) is 8.96. The Labute approximate surface area is 84.5 Å². The van der Waals surface area contributed by atoms with Gasteiger partial charge in [0.15, 0.2) is 0 Å². The SMILES string of the molecule is CNCc1cc2ccc(C)cc2n1C. The van der Waals surface area contributed by atoms with Crippen LogP contribution in [0.25, 0.3) is 10.9 Å². The molecule has 0 fully saturated rings. The number of hydrogen-bond acceptors (Lipinski definition) is 1. The van der Waals surface area contributed by atoms with Crippen molar-refractivity contribution in [3.05, 3.63) is 35.5 Å². The second kappa shape index (κ2) is 3.46. The Morgan fingerprint density at radius 2 is 2.07 bits per heavy atom. The molecular formula is C12H16N2. The Balaban J connectivity index is 2.62. The molecule has 0 bridgehead atoms. The van der Waals surface area contributed by atoms with Crippen molar-refractivity contribution in [1.82, 2.24) is 9.88 Å². The monoisotopic (exact) mass is 188 g/mol. The van der Waals surface area contributed by atoms with E-state index in [0.29, 0.717) is 0 Å². The summed E-state index contributed by atoms with van der Waals surface area (Å²) in [4.78, 5) is 0. The molecule has 1 aromatic heterocycles. The molecule has 0 atom stereocenters. The highest BCUT2D eigenvalue weighted by Gasteiger charge is 2.04. The lowest BCUT2D eigenvalue weighted by Gasteiger charge is -2.03. The van der Waals surface area contributed by atoms with Crippen molar-refractivity contribution in [2.45, 2.75) is 13.5 Å². The second-order valence-corrected chi connectivity index (χ2v) is 3.79. The maximum absolute atomic E-state index is 3.18. The summed E-state index contributed by atoms with van der Waals surface area (Å²) in [5.74, 6) is 0. The molecule has 0 saturated heterocycles. The van der Waals surface area contributed by atoms with E-state index in [9.17, 15) is 0 Å². The Bertz CT molecular complexity index is 455. The van der Waals surface area contributed by atoms with Gasteiger partial charge in [0.25, 0.3) is 0 Å². The Hall–Kier alpha value is -1.28. The summed E-state index contributed by atoms with van der Waals surface area (Å²) in [5, 5.41) is 4.50. The van der Waals surface area contributed by atoms with Crippen LogP contribution in [-0.4, -0.2) is 11.6 Å². The predicted octanol–water partition coefficient (Wildman–Crippen LogP) is 2.21. The summed E-state index contributed by atoms with van der Waals surface area (Å²) in [6, 6.07) is 8.81. The van der Waals surface area contributed by atoms with E-state index in [1.54, 1.807) is 0 Å². The molecule has 0 spiro atoms. The van der Waals surface area contributed by atoms with Crippen LogP contribution in [0.1, 0.15) is 11.3 Å². The van der Waals surface area contributed by atoms with Crippen molar-refractivity contribution in [1.29, 1.82) is 0 Å². The van der Waals surface area contributed by atoms with Crippen LogP contribution in [0, 0.1) is 6.92 Å². The molecule has 2 nitrogen and oxygen atoms in total. The third-order valence-corrected chi connectivity index (χ3v) is 2.66. The van der Waals surface area contributed by atoms with Gasteiger partial charge in [-0.25, -0.2) is 0 Å². The van der Waals surface area contributed by atoms with E-state index >= 15 is 0 Å². The molecule has 0 saturated carbocycles. The molecule has 14 heavy (non-hydrogen) atoms. The lowest BCUT2D eigenvalue weighted by Crippen LogP contribution is -2.08. The van der Waals surface area contributed by atoms with Gasteiger partial charge < -0.3 is 9.88 Å². The van der Waals surface area contributed by atoms with E-state index in [2.05, 4.69) is 48.1 Å². The van der Waals surface area contributed by atoms with Crippen molar-refractivity contribution in [3.8, 4) is 0 Å². The zero-order chi connectivity index (χ0) is 10.1. The quantitative estimate of drug-likeness (QED) is 0.764. The van der Waals surface area contributed by atoms with Gasteiger partial charge in [0.1, 0.15) is 0 Å². The van der Waals surface area contributed by atoms with Crippen molar-refractivity contribution >= 4 is 10.9 Å². The standard InChI is InChI=1S/C12H16N2/c1-9-4-5-10-7-11(8-13-2)14(3)12(10)6-9/h4-7,13H,8H2,1-3H3. The van der Waals surface area contributed by atoms with Gasteiger partial charge in [-0.05, 0) is 37.1 Å². The first-order valence-electron chi connectivity index (χ1n) is 4.92. The molecule has 0 radical (unpaired) electrons. The summed E-state index contributed by atoms with van der Waals surface area (Å²) >= 11 is 0. The van der Waals surface area contributed by atoms with Crippen LogP contribution in [0.2, 0.25) is 0 Å². The van der Waals surface area contributed by atoms with E-state index in [1.807, 2.05) is 7.05 Å². The van der Waals surface area contributed by atoms with Gasteiger partial charge in [-0.2, -0.15) is 0 Å². The summed E-state index contributed by atoms with van der Waals surface area (Å²) in [6.45, 7) is 3.05. The zero-order valence-corrected chi connectivity index (χ0v) is 8.96. The molecule has 1 N–H and O–H groups in total. The highest BCUT2D eigenvalue weighted by molar-refractivity contribution is 5.81. The maximum Gasteiger partial charge on any atom is 0.0482 e. The molecule has 1 aromatic carbocycles. The van der Waals surface area contributed by atoms with E-state index in [0.717, 1.165) is 6.54 Å². The fraction of sp³-hybridized carbons (Fsp3) is 0.333. The number of nitrogens with zero attached hydrogens (tertiary/aromatic N) is 1. The van der Waals surface area contributed by atoms with E-state index < -0.39 is 0 Å². The third-order valence-electron chi connectivity index (χ3n) is 2.66. The van der Waals surface area contributed by atoms with Gasteiger partial charge in [-0.15, -0.1) is 0 Å². The van der Waals surface area contributed by atoms with Crippen LogP contribution in [0.4, 0.5) is 0 Å². The smallest absolute Gasteiger partial charge is 0.0482 e. The van der Waals surface area contributed by atoms with Crippen LogP contribution < -0.4 is 5.32 Å². The molecule has 0 aliphatic carbocycles. The Morgan fingerprint density at radius 3 is 2.79 bits per heavy atom. The first-order valence-corrected chi connectivity index (χ1v) is 4.92. The average Bonchev–Trinajstić information content (AvgIpc) is 2.46. The highest BCUT2D eigenvalue weighted by Crippen LogP contribution is 2.19. The largest absolute Gasteiger partial charge is 0.346 e.